The van der Waals surface area contributed by atoms with Crippen molar-refractivity contribution < 1.29 is 22.7 Å². The number of aromatic amines is 1. The largest absolute Gasteiger partial charge is 0.435 e. The highest BCUT2D eigenvalue weighted by molar-refractivity contribution is 5.95. The van der Waals surface area contributed by atoms with Crippen molar-refractivity contribution in [1.29, 1.82) is 0 Å². The van der Waals surface area contributed by atoms with Gasteiger partial charge in [-0.15, -0.1) is 0 Å². The number of halogens is 3. The molecule has 2 aromatic heterocycles. The van der Waals surface area contributed by atoms with E-state index >= 15 is 0 Å². The maximum absolute atomic E-state index is 13.2. The topological polar surface area (TPSA) is 88.9 Å². The van der Waals surface area contributed by atoms with Gasteiger partial charge in [-0.05, 0) is 6.92 Å². The molecule has 1 saturated heterocycles. The highest BCUT2D eigenvalue weighted by atomic mass is 19.4. The van der Waals surface area contributed by atoms with Crippen LogP contribution in [-0.4, -0.2) is 62.3 Å². The molecular formula is C14H17F3N6O2. The molecule has 1 fully saturated rings. The van der Waals surface area contributed by atoms with Crippen molar-refractivity contribution in [3.05, 3.63) is 29.3 Å². The normalized spacial score (nSPS) is 21.1. The lowest BCUT2D eigenvalue weighted by molar-refractivity contribution is -0.141. The van der Waals surface area contributed by atoms with Crippen LogP contribution in [0, 0.1) is 0 Å². The maximum atomic E-state index is 13.2. The van der Waals surface area contributed by atoms with E-state index in [1.807, 2.05) is 0 Å². The number of aromatic nitrogens is 5. The number of nitrogens with one attached hydrogen (secondary N) is 1. The zero-order valence-corrected chi connectivity index (χ0v) is 13.6. The van der Waals surface area contributed by atoms with Crippen LogP contribution in [-0.2, 0) is 17.5 Å². The number of likely N-dealkylation sites (tertiary alicyclic amines) is 1. The predicted octanol–water partition coefficient (Wildman–Crippen LogP) is 1.29. The first-order chi connectivity index (χ1) is 11.8. The predicted molar refractivity (Wildman–Crippen MR) is 78.7 cm³/mol. The van der Waals surface area contributed by atoms with Crippen LogP contribution in [0.15, 0.2) is 12.4 Å². The van der Waals surface area contributed by atoms with Crippen molar-refractivity contribution in [2.24, 2.45) is 0 Å². The Kier molecular flexibility index (Phi) is 4.50. The van der Waals surface area contributed by atoms with E-state index < -0.39 is 23.3 Å². The van der Waals surface area contributed by atoms with Crippen molar-refractivity contribution in [1.82, 2.24) is 30.1 Å². The van der Waals surface area contributed by atoms with Crippen LogP contribution in [0.25, 0.3) is 0 Å². The Morgan fingerprint density at radius 1 is 1.44 bits per heavy atom. The van der Waals surface area contributed by atoms with E-state index in [4.69, 9.17) is 4.74 Å². The summed E-state index contributed by atoms with van der Waals surface area (Å²) in [4.78, 5) is 14.0. The number of ether oxygens (including phenoxy) is 1. The van der Waals surface area contributed by atoms with E-state index in [-0.39, 0.29) is 31.7 Å². The third-order valence-electron chi connectivity index (χ3n) is 4.25. The van der Waals surface area contributed by atoms with Gasteiger partial charge < -0.3 is 9.64 Å². The van der Waals surface area contributed by atoms with E-state index in [0.717, 1.165) is 10.9 Å². The van der Waals surface area contributed by atoms with E-state index in [2.05, 4.69) is 20.5 Å². The van der Waals surface area contributed by atoms with Crippen LogP contribution in [0.1, 0.15) is 34.6 Å². The summed E-state index contributed by atoms with van der Waals surface area (Å²) in [5, 5.41) is 13.7. The summed E-state index contributed by atoms with van der Waals surface area (Å²) in [5.41, 5.74) is -1.02. The number of carbonyl (C=O) groups is 1. The van der Waals surface area contributed by atoms with Crippen molar-refractivity contribution in [2.45, 2.75) is 31.7 Å². The molecule has 1 aliphatic rings. The molecular weight excluding hydrogens is 341 g/mol. The van der Waals surface area contributed by atoms with Gasteiger partial charge in [-0.1, -0.05) is 0 Å². The Hall–Kier alpha value is -2.43. The molecule has 2 aromatic rings. The zero-order chi connectivity index (χ0) is 18.2. The Morgan fingerprint density at radius 3 is 2.76 bits per heavy atom. The second kappa shape index (κ2) is 6.47. The molecule has 25 heavy (non-hydrogen) atoms. The zero-order valence-electron chi connectivity index (χ0n) is 13.6. The van der Waals surface area contributed by atoms with Crippen LogP contribution >= 0.6 is 0 Å². The molecule has 1 aliphatic heterocycles. The fraction of sp³-hybridized carbons (Fsp3) is 0.571. The minimum Gasteiger partial charge on any atom is -0.379 e. The monoisotopic (exact) mass is 358 g/mol. The summed E-state index contributed by atoms with van der Waals surface area (Å²) in [6.45, 7) is 2.25. The van der Waals surface area contributed by atoms with Crippen LogP contribution in [0.5, 0.6) is 0 Å². The lowest BCUT2D eigenvalue weighted by atomic mass is 10.0. The Morgan fingerprint density at radius 2 is 2.20 bits per heavy atom. The first-order valence-corrected chi connectivity index (χ1v) is 7.67. The number of alkyl halides is 3. The molecule has 0 aromatic carbocycles. The van der Waals surface area contributed by atoms with Gasteiger partial charge in [0.05, 0.1) is 29.5 Å². The smallest absolute Gasteiger partial charge is 0.379 e. The summed E-state index contributed by atoms with van der Waals surface area (Å²) in [7, 11) is 1.49. The van der Waals surface area contributed by atoms with Gasteiger partial charge in [0.25, 0.3) is 5.91 Å². The number of aryl methyl sites for hydroxylation is 1. The Bertz CT molecular complexity index is 742. The average molecular weight is 358 g/mol. The molecule has 11 heteroatoms. The van der Waals surface area contributed by atoms with Gasteiger partial charge in [-0.2, -0.15) is 33.7 Å². The molecule has 0 aliphatic carbocycles. The summed E-state index contributed by atoms with van der Waals surface area (Å²) < 4.78 is 46.1. The molecule has 1 amide bonds. The Balaban J connectivity index is 1.88. The number of nitrogens with zero attached hydrogens (tertiary/aromatic N) is 5. The number of methoxy groups -OCH3 is 1. The number of hydrogen-bond donors (Lipinski definition) is 1. The Labute approximate surface area is 140 Å². The van der Waals surface area contributed by atoms with Gasteiger partial charge in [0, 0.05) is 32.9 Å². The lowest BCUT2D eigenvalue weighted by Gasteiger charge is -2.16. The van der Waals surface area contributed by atoms with E-state index in [1.165, 1.54) is 18.2 Å². The van der Waals surface area contributed by atoms with Crippen molar-refractivity contribution in [3.8, 4) is 0 Å². The fourth-order valence-corrected chi connectivity index (χ4v) is 2.97. The molecule has 0 saturated carbocycles. The number of rotatable bonds is 4. The molecule has 0 bridgehead atoms. The molecule has 3 rings (SSSR count). The van der Waals surface area contributed by atoms with Gasteiger partial charge in [-0.3, -0.25) is 9.48 Å². The lowest BCUT2D eigenvalue weighted by Crippen LogP contribution is -2.31. The highest BCUT2D eigenvalue weighted by Gasteiger charge is 2.43. The second-order valence-electron chi connectivity index (χ2n) is 5.73. The molecule has 1 N–H and O–H groups in total. The highest BCUT2D eigenvalue weighted by Crippen LogP contribution is 2.33. The number of amides is 1. The molecule has 3 heterocycles. The minimum atomic E-state index is -4.70. The van der Waals surface area contributed by atoms with Crippen LogP contribution < -0.4 is 0 Å². The number of carbonyl (C=O) groups excluding carboxylic acids is 1. The standard InChI is InChI=1S/C14H17F3N6O2/c1-3-23-6-9(12(20-23)14(15,16)17)13(24)22-5-8(11(7-22)25-2)10-4-18-21-19-10/h4,6,8,11H,3,5,7H2,1-2H3,(H,18,19,21)/t8-,11+/m0/s1. The van der Waals surface area contributed by atoms with Crippen LogP contribution in [0.2, 0.25) is 0 Å². The quantitative estimate of drug-likeness (QED) is 0.890. The first-order valence-electron chi connectivity index (χ1n) is 7.67. The van der Waals surface area contributed by atoms with E-state index in [0.29, 0.717) is 5.69 Å². The van der Waals surface area contributed by atoms with Gasteiger partial charge in [0.15, 0.2) is 5.69 Å². The number of H-pyrrole nitrogens is 1. The molecule has 0 spiro atoms. The van der Waals surface area contributed by atoms with Crippen molar-refractivity contribution in [3.63, 3.8) is 0 Å². The molecule has 8 nitrogen and oxygen atoms in total. The third-order valence-corrected chi connectivity index (χ3v) is 4.25. The minimum absolute atomic E-state index is 0.168. The first kappa shape index (κ1) is 17.4. The molecule has 0 unspecified atom stereocenters. The average Bonchev–Trinajstić information content (AvgIpc) is 3.30. The summed E-state index contributed by atoms with van der Waals surface area (Å²) in [6, 6.07) is 0. The summed E-state index contributed by atoms with van der Waals surface area (Å²) >= 11 is 0. The third kappa shape index (κ3) is 3.23. The second-order valence-corrected chi connectivity index (χ2v) is 5.73. The molecule has 136 valence electrons. The molecule has 0 radical (unpaired) electrons. The maximum Gasteiger partial charge on any atom is 0.435 e. The van der Waals surface area contributed by atoms with E-state index in [9.17, 15) is 18.0 Å². The molecule has 2 atom stereocenters. The van der Waals surface area contributed by atoms with Gasteiger partial charge in [0.1, 0.15) is 0 Å². The van der Waals surface area contributed by atoms with Crippen LogP contribution in [0.4, 0.5) is 13.2 Å². The van der Waals surface area contributed by atoms with Gasteiger partial charge >= 0.3 is 6.18 Å². The van der Waals surface area contributed by atoms with E-state index in [1.54, 1.807) is 6.92 Å². The fourth-order valence-electron chi connectivity index (χ4n) is 2.97. The van der Waals surface area contributed by atoms with Gasteiger partial charge in [-0.25, -0.2) is 0 Å². The van der Waals surface area contributed by atoms with Crippen LogP contribution in [0.3, 0.4) is 0 Å². The van der Waals surface area contributed by atoms with Crippen molar-refractivity contribution >= 4 is 5.91 Å². The SMILES string of the molecule is CCn1cc(C(=O)N2C[C@@H](OC)[C@H](c3cn[nH]n3)C2)c(C(F)(F)F)n1. The summed E-state index contributed by atoms with van der Waals surface area (Å²) in [5.74, 6) is -0.983. The summed E-state index contributed by atoms with van der Waals surface area (Å²) in [6.07, 6.45) is -2.42. The van der Waals surface area contributed by atoms with Gasteiger partial charge in [0.2, 0.25) is 0 Å². The van der Waals surface area contributed by atoms with Crippen molar-refractivity contribution in [2.75, 3.05) is 20.2 Å². The number of hydrogen-bond acceptors (Lipinski definition) is 5.